The van der Waals surface area contributed by atoms with Crippen molar-refractivity contribution in [2.75, 3.05) is 5.32 Å². The highest BCUT2D eigenvalue weighted by Gasteiger charge is 2.29. The van der Waals surface area contributed by atoms with Crippen molar-refractivity contribution in [1.29, 1.82) is 0 Å². The van der Waals surface area contributed by atoms with Crippen LogP contribution in [0.4, 0.5) is 18.9 Å². The lowest BCUT2D eigenvalue weighted by molar-refractivity contribution is -0.141. The van der Waals surface area contributed by atoms with Crippen molar-refractivity contribution in [3.05, 3.63) is 66.9 Å². The van der Waals surface area contributed by atoms with Crippen LogP contribution in [-0.2, 0) is 11.3 Å². The quantitative estimate of drug-likeness (QED) is 0.425. The molecule has 3 heterocycles. The summed E-state index contributed by atoms with van der Waals surface area (Å²) in [5.41, 5.74) is 3.44. The number of carbonyl (C=O) groups is 1. The molecule has 1 amide bonds. The zero-order valence-corrected chi connectivity index (χ0v) is 17.3. The van der Waals surface area contributed by atoms with E-state index in [4.69, 9.17) is 0 Å². The molecule has 0 spiro atoms. The van der Waals surface area contributed by atoms with Crippen molar-refractivity contribution in [2.45, 2.75) is 31.6 Å². The van der Waals surface area contributed by atoms with Gasteiger partial charge in [-0.05, 0) is 48.7 Å². The third-order valence-corrected chi connectivity index (χ3v) is 5.34. The Hall–Kier alpha value is -3.95. The topological polar surface area (TPSA) is 77.6 Å². The summed E-state index contributed by atoms with van der Waals surface area (Å²) in [7, 11) is 0. The molecule has 1 N–H and O–H groups in total. The molecule has 1 aromatic carbocycles. The van der Waals surface area contributed by atoms with Crippen LogP contribution >= 0.6 is 0 Å². The average Bonchev–Trinajstić information content (AvgIpc) is 3.39. The maximum absolute atomic E-state index is 12.7. The molecule has 33 heavy (non-hydrogen) atoms. The molecular formula is C23H19F3N6O. The van der Waals surface area contributed by atoms with Crippen LogP contribution in [0.1, 0.15) is 24.4 Å². The molecule has 5 rings (SSSR count). The standard InChI is InChI=1S/C23H19F3N6O/c24-23(25,26)14-32-21-5-2-18(9-16(21)11-29-32)30-22(33)6-1-15-10-27-8-7-20(15)17-12-28-31(13-17)19-3-4-19/h1-2,5-13,19H,3-4,14H2,(H,30,33)/b6-1+. The smallest absolute Gasteiger partial charge is 0.322 e. The number of halogens is 3. The molecule has 0 atom stereocenters. The van der Waals surface area contributed by atoms with Crippen LogP contribution in [0.3, 0.4) is 0 Å². The van der Waals surface area contributed by atoms with Crippen molar-refractivity contribution in [1.82, 2.24) is 24.5 Å². The molecule has 1 aliphatic carbocycles. The van der Waals surface area contributed by atoms with Gasteiger partial charge in [0.2, 0.25) is 5.91 Å². The SMILES string of the molecule is O=C(/C=C/c1cnccc1-c1cnn(C2CC2)c1)Nc1ccc2c(cnn2CC(F)(F)F)c1. The van der Waals surface area contributed by atoms with E-state index in [0.717, 1.165) is 34.2 Å². The number of rotatable bonds is 6. The second-order valence-electron chi connectivity index (χ2n) is 7.92. The van der Waals surface area contributed by atoms with Crippen LogP contribution in [0.2, 0.25) is 0 Å². The molecule has 1 saturated carbocycles. The molecule has 1 fully saturated rings. The number of pyridine rings is 1. The Kier molecular flexibility index (Phi) is 5.20. The van der Waals surface area contributed by atoms with Gasteiger partial charge < -0.3 is 5.32 Å². The number of carbonyl (C=O) groups excluding carboxylic acids is 1. The largest absolute Gasteiger partial charge is 0.408 e. The van der Waals surface area contributed by atoms with E-state index in [1.807, 2.05) is 16.9 Å². The van der Waals surface area contributed by atoms with E-state index in [0.29, 0.717) is 22.6 Å². The predicted molar refractivity (Wildman–Crippen MR) is 117 cm³/mol. The Morgan fingerprint density at radius 2 is 2.00 bits per heavy atom. The number of anilines is 1. The first-order valence-electron chi connectivity index (χ1n) is 10.4. The van der Waals surface area contributed by atoms with E-state index in [2.05, 4.69) is 20.5 Å². The van der Waals surface area contributed by atoms with Crippen molar-refractivity contribution >= 4 is 28.6 Å². The van der Waals surface area contributed by atoms with Gasteiger partial charge in [-0.15, -0.1) is 0 Å². The van der Waals surface area contributed by atoms with Crippen LogP contribution in [-0.4, -0.2) is 36.6 Å². The molecule has 0 saturated heterocycles. The highest BCUT2D eigenvalue weighted by Crippen LogP contribution is 2.35. The third kappa shape index (κ3) is 4.79. The third-order valence-electron chi connectivity index (χ3n) is 5.34. The van der Waals surface area contributed by atoms with Gasteiger partial charge in [0.25, 0.3) is 0 Å². The highest BCUT2D eigenvalue weighted by atomic mass is 19.4. The lowest BCUT2D eigenvalue weighted by Crippen LogP contribution is -2.18. The number of fused-ring (bicyclic) bond motifs is 1. The lowest BCUT2D eigenvalue weighted by atomic mass is 10.0. The molecule has 0 bridgehead atoms. The van der Waals surface area contributed by atoms with Crippen LogP contribution in [0.25, 0.3) is 28.1 Å². The van der Waals surface area contributed by atoms with Crippen LogP contribution in [0.5, 0.6) is 0 Å². The highest BCUT2D eigenvalue weighted by molar-refractivity contribution is 6.03. The maximum atomic E-state index is 12.7. The van der Waals surface area contributed by atoms with E-state index in [9.17, 15) is 18.0 Å². The number of hydrogen-bond donors (Lipinski definition) is 1. The van der Waals surface area contributed by atoms with Gasteiger partial charge in [-0.1, -0.05) is 0 Å². The van der Waals surface area contributed by atoms with Crippen LogP contribution in [0, 0.1) is 0 Å². The molecule has 4 aromatic rings. The van der Waals surface area contributed by atoms with Gasteiger partial charge in [-0.3, -0.25) is 19.1 Å². The molecule has 10 heteroatoms. The summed E-state index contributed by atoms with van der Waals surface area (Å²) in [6, 6.07) is 6.98. The predicted octanol–water partition coefficient (Wildman–Crippen LogP) is 4.84. The van der Waals surface area contributed by atoms with Gasteiger partial charge in [-0.2, -0.15) is 23.4 Å². The first-order valence-corrected chi connectivity index (χ1v) is 10.4. The molecule has 3 aromatic heterocycles. The van der Waals surface area contributed by atoms with Crippen LogP contribution in [0.15, 0.2) is 61.3 Å². The number of benzene rings is 1. The van der Waals surface area contributed by atoms with E-state index in [1.165, 1.54) is 18.3 Å². The van der Waals surface area contributed by atoms with Crippen molar-refractivity contribution in [3.8, 4) is 11.1 Å². The zero-order valence-electron chi connectivity index (χ0n) is 17.3. The number of aromatic nitrogens is 5. The average molecular weight is 452 g/mol. The van der Waals surface area contributed by atoms with Gasteiger partial charge in [-0.25, -0.2) is 0 Å². The van der Waals surface area contributed by atoms with Crippen molar-refractivity contribution in [3.63, 3.8) is 0 Å². The van der Waals surface area contributed by atoms with E-state index >= 15 is 0 Å². The van der Waals surface area contributed by atoms with Gasteiger partial charge >= 0.3 is 6.18 Å². The van der Waals surface area contributed by atoms with Crippen LogP contribution < -0.4 is 5.32 Å². The second-order valence-corrected chi connectivity index (χ2v) is 7.92. The Bertz CT molecular complexity index is 1350. The molecule has 0 radical (unpaired) electrons. The normalized spacial score (nSPS) is 14.3. The summed E-state index contributed by atoms with van der Waals surface area (Å²) in [4.78, 5) is 16.6. The molecule has 1 aliphatic rings. The fraction of sp³-hybridized carbons (Fsp3) is 0.217. The first-order chi connectivity index (χ1) is 15.9. The number of amides is 1. The van der Waals surface area contributed by atoms with E-state index in [-0.39, 0.29) is 5.91 Å². The second kappa shape index (κ2) is 8.19. The Morgan fingerprint density at radius 3 is 2.79 bits per heavy atom. The minimum atomic E-state index is -4.36. The first kappa shape index (κ1) is 20.9. The van der Waals surface area contributed by atoms with E-state index < -0.39 is 12.7 Å². The molecule has 0 unspecified atom stereocenters. The number of hydrogen-bond acceptors (Lipinski definition) is 4. The van der Waals surface area contributed by atoms with E-state index in [1.54, 1.807) is 36.8 Å². The number of nitrogens with zero attached hydrogens (tertiary/aromatic N) is 5. The van der Waals surface area contributed by atoms with Gasteiger partial charge in [0.05, 0.1) is 24.0 Å². The monoisotopic (exact) mass is 452 g/mol. The fourth-order valence-electron chi connectivity index (χ4n) is 3.63. The maximum Gasteiger partial charge on any atom is 0.408 e. The molecule has 7 nitrogen and oxygen atoms in total. The summed E-state index contributed by atoms with van der Waals surface area (Å²) in [6.07, 6.45) is 9.49. The van der Waals surface area contributed by atoms with Crippen molar-refractivity contribution < 1.29 is 18.0 Å². The lowest BCUT2D eigenvalue weighted by Gasteiger charge is -2.08. The van der Waals surface area contributed by atoms with Gasteiger partial charge in [0.15, 0.2) is 0 Å². The summed E-state index contributed by atoms with van der Waals surface area (Å²) in [5, 5.41) is 11.4. The minimum absolute atomic E-state index is 0.340. The number of alkyl halides is 3. The summed E-state index contributed by atoms with van der Waals surface area (Å²) in [5.74, 6) is -0.375. The molecular weight excluding hydrogens is 433 g/mol. The zero-order chi connectivity index (χ0) is 23.0. The van der Waals surface area contributed by atoms with Gasteiger partial charge in [0.1, 0.15) is 6.54 Å². The summed E-state index contributed by atoms with van der Waals surface area (Å²) >= 11 is 0. The number of nitrogens with one attached hydrogen (secondary N) is 1. The molecule has 0 aliphatic heterocycles. The van der Waals surface area contributed by atoms with Crippen molar-refractivity contribution in [2.24, 2.45) is 0 Å². The Labute approximate surface area is 186 Å². The molecule has 168 valence electrons. The summed E-state index contributed by atoms with van der Waals surface area (Å²) in [6.45, 7) is -1.17. The minimum Gasteiger partial charge on any atom is -0.322 e. The fourth-order valence-corrected chi connectivity index (χ4v) is 3.63. The Balaban J connectivity index is 1.30. The summed E-state index contributed by atoms with van der Waals surface area (Å²) < 4.78 is 40.8. The van der Waals surface area contributed by atoms with Gasteiger partial charge in [0, 0.05) is 46.9 Å². The Morgan fingerprint density at radius 1 is 1.15 bits per heavy atom.